The fourth-order valence-corrected chi connectivity index (χ4v) is 2.49. The zero-order valence-corrected chi connectivity index (χ0v) is 10.8. The van der Waals surface area contributed by atoms with Gasteiger partial charge in [0, 0.05) is 27.7 Å². The Bertz CT molecular complexity index is 667. The van der Waals surface area contributed by atoms with E-state index in [1.54, 1.807) is 12.3 Å². The molecular weight excluding hydrogens is 248 g/mol. The molecule has 1 heterocycles. The van der Waals surface area contributed by atoms with Crippen molar-refractivity contribution in [3.63, 3.8) is 0 Å². The third kappa shape index (κ3) is 3.27. The van der Waals surface area contributed by atoms with Gasteiger partial charge in [-0.25, -0.2) is 14.2 Å². The number of hydrogen-bond donors (Lipinski definition) is 2. The highest BCUT2D eigenvalue weighted by Gasteiger charge is 2.04. The fraction of sp³-hybridized carbons (Fsp3) is 0.167. The molecule has 18 heavy (non-hydrogen) atoms. The number of benzene rings is 1. The van der Waals surface area contributed by atoms with Crippen molar-refractivity contribution in [2.24, 2.45) is 0 Å². The first kappa shape index (κ1) is 12.5. The summed E-state index contributed by atoms with van der Waals surface area (Å²) >= 11 is 0. The SMILES string of the molecule is CS(=N)(=O)Cc1cccc(-c2ccnc(N)n2)c1. The van der Waals surface area contributed by atoms with Crippen LogP contribution in [-0.2, 0) is 15.5 Å². The number of nitrogens with one attached hydrogen (secondary N) is 1. The van der Waals surface area contributed by atoms with Gasteiger partial charge in [-0.1, -0.05) is 18.2 Å². The number of nitrogens with two attached hydrogens (primary N) is 1. The molecule has 2 aromatic rings. The molecule has 0 radical (unpaired) electrons. The van der Waals surface area contributed by atoms with Crippen molar-refractivity contribution in [1.82, 2.24) is 9.97 Å². The fourth-order valence-electron chi connectivity index (χ4n) is 1.67. The topological polar surface area (TPSA) is 92.7 Å². The second kappa shape index (κ2) is 4.73. The van der Waals surface area contributed by atoms with Gasteiger partial charge in [0.25, 0.3) is 0 Å². The molecule has 1 aromatic heterocycles. The molecule has 3 N–H and O–H groups in total. The quantitative estimate of drug-likeness (QED) is 0.883. The van der Waals surface area contributed by atoms with E-state index in [2.05, 4.69) is 9.97 Å². The van der Waals surface area contributed by atoms with Crippen molar-refractivity contribution in [1.29, 1.82) is 4.78 Å². The molecule has 1 unspecified atom stereocenters. The minimum Gasteiger partial charge on any atom is -0.368 e. The van der Waals surface area contributed by atoms with Crippen molar-refractivity contribution in [3.8, 4) is 11.3 Å². The molecule has 0 fully saturated rings. The molecule has 2 rings (SSSR count). The number of rotatable bonds is 3. The molecule has 0 amide bonds. The lowest BCUT2D eigenvalue weighted by atomic mass is 10.1. The number of aromatic nitrogens is 2. The number of anilines is 1. The van der Waals surface area contributed by atoms with Crippen LogP contribution in [0.1, 0.15) is 5.56 Å². The van der Waals surface area contributed by atoms with Gasteiger partial charge in [0.15, 0.2) is 0 Å². The first-order valence-corrected chi connectivity index (χ1v) is 7.47. The monoisotopic (exact) mass is 262 g/mol. The maximum Gasteiger partial charge on any atom is 0.220 e. The summed E-state index contributed by atoms with van der Waals surface area (Å²) in [7, 11) is -2.54. The van der Waals surface area contributed by atoms with Crippen LogP contribution in [0.5, 0.6) is 0 Å². The lowest BCUT2D eigenvalue weighted by molar-refractivity contribution is 0.678. The van der Waals surface area contributed by atoms with Crippen LogP contribution in [0.25, 0.3) is 11.3 Å². The highest BCUT2D eigenvalue weighted by Crippen LogP contribution is 2.19. The minimum atomic E-state index is -2.54. The van der Waals surface area contributed by atoms with Gasteiger partial charge in [-0.3, -0.25) is 4.78 Å². The van der Waals surface area contributed by atoms with E-state index in [4.69, 9.17) is 10.5 Å². The maximum absolute atomic E-state index is 11.5. The van der Waals surface area contributed by atoms with Gasteiger partial charge in [-0.05, 0) is 17.7 Å². The third-order valence-corrected chi connectivity index (χ3v) is 3.22. The van der Waals surface area contributed by atoms with E-state index in [1.807, 2.05) is 24.3 Å². The van der Waals surface area contributed by atoms with Gasteiger partial charge >= 0.3 is 0 Å². The zero-order valence-electron chi connectivity index (χ0n) is 9.96. The van der Waals surface area contributed by atoms with Gasteiger partial charge in [0.1, 0.15) is 0 Å². The Kier molecular flexibility index (Phi) is 3.29. The summed E-state index contributed by atoms with van der Waals surface area (Å²) in [6, 6.07) is 9.24. The van der Waals surface area contributed by atoms with Crippen LogP contribution in [0.15, 0.2) is 36.5 Å². The predicted octanol–water partition coefficient (Wildman–Crippen LogP) is 1.90. The van der Waals surface area contributed by atoms with Gasteiger partial charge < -0.3 is 5.73 Å². The molecule has 0 saturated carbocycles. The largest absolute Gasteiger partial charge is 0.368 e. The Morgan fingerprint density at radius 3 is 2.83 bits per heavy atom. The first-order chi connectivity index (χ1) is 8.44. The molecule has 94 valence electrons. The van der Waals surface area contributed by atoms with Crippen molar-refractivity contribution in [2.45, 2.75) is 5.75 Å². The average molecular weight is 262 g/mol. The second-order valence-corrected chi connectivity index (χ2v) is 6.45. The van der Waals surface area contributed by atoms with E-state index < -0.39 is 9.73 Å². The van der Waals surface area contributed by atoms with E-state index in [0.717, 1.165) is 16.8 Å². The van der Waals surface area contributed by atoms with Crippen LogP contribution in [-0.4, -0.2) is 20.4 Å². The maximum atomic E-state index is 11.5. The molecule has 1 atom stereocenters. The standard InChI is InChI=1S/C12H14N4OS/c1-18(14,17)8-9-3-2-4-10(7-9)11-5-6-15-12(13)16-11/h2-7,14H,8H2,1H3,(H2,13,15,16). The summed E-state index contributed by atoms with van der Waals surface area (Å²) in [5.74, 6) is 0.458. The van der Waals surface area contributed by atoms with Crippen LogP contribution in [0.4, 0.5) is 5.95 Å². The number of hydrogen-bond acceptors (Lipinski definition) is 5. The molecule has 0 aliphatic rings. The summed E-state index contributed by atoms with van der Waals surface area (Å²) in [5.41, 5.74) is 7.99. The number of nitrogen functional groups attached to an aromatic ring is 1. The molecule has 0 aliphatic heterocycles. The lowest BCUT2D eigenvalue weighted by Crippen LogP contribution is -1.99. The molecule has 5 nitrogen and oxygen atoms in total. The predicted molar refractivity (Wildman–Crippen MR) is 72.4 cm³/mol. The molecular formula is C12H14N4OS. The second-order valence-electron chi connectivity index (χ2n) is 4.15. The van der Waals surface area contributed by atoms with Gasteiger partial charge in [0.05, 0.1) is 11.4 Å². The summed E-state index contributed by atoms with van der Waals surface area (Å²) in [5, 5.41) is 0. The highest BCUT2D eigenvalue weighted by molar-refractivity contribution is 7.90. The molecule has 0 spiro atoms. The van der Waals surface area contributed by atoms with E-state index in [0.29, 0.717) is 0 Å². The van der Waals surface area contributed by atoms with Crippen molar-refractivity contribution < 1.29 is 4.21 Å². The van der Waals surface area contributed by atoms with E-state index in [1.165, 1.54) is 6.26 Å². The van der Waals surface area contributed by atoms with Crippen molar-refractivity contribution in [3.05, 3.63) is 42.1 Å². The Morgan fingerprint density at radius 1 is 1.39 bits per heavy atom. The van der Waals surface area contributed by atoms with Gasteiger partial charge in [0.2, 0.25) is 5.95 Å². The lowest BCUT2D eigenvalue weighted by Gasteiger charge is -2.05. The number of nitrogens with zero attached hydrogens (tertiary/aromatic N) is 2. The molecule has 0 aliphatic carbocycles. The van der Waals surface area contributed by atoms with Crippen molar-refractivity contribution in [2.75, 3.05) is 12.0 Å². The highest BCUT2D eigenvalue weighted by atomic mass is 32.2. The summed E-state index contributed by atoms with van der Waals surface area (Å²) < 4.78 is 18.9. The Morgan fingerprint density at radius 2 is 2.17 bits per heavy atom. The van der Waals surface area contributed by atoms with Gasteiger partial charge in [-0.15, -0.1) is 0 Å². The molecule has 0 bridgehead atoms. The third-order valence-electron chi connectivity index (χ3n) is 2.34. The molecule has 0 saturated heterocycles. The summed E-state index contributed by atoms with van der Waals surface area (Å²) in [6.07, 6.45) is 3.03. The zero-order chi connectivity index (χ0) is 13.2. The van der Waals surface area contributed by atoms with Crippen LogP contribution >= 0.6 is 0 Å². The average Bonchev–Trinajstić information content (AvgIpc) is 2.27. The first-order valence-electron chi connectivity index (χ1n) is 5.33. The van der Waals surface area contributed by atoms with Crippen LogP contribution in [0.2, 0.25) is 0 Å². The summed E-state index contributed by atoms with van der Waals surface area (Å²) in [4.78, 5) is 7.97. The van der Waals surface area contributed by atoms with Crippen LogP contribution in [0, 0.1) is 4.78 Å². The van der Waals surface area contributed by atoms with E-state index >= 15 is 0 Å². The Balaban J connectivity index is 2.38. The van der Waals surface area contributed by atoms with Crippen LogP contribution in [0.3, 0.4) is 0 Å². The molecule has 1 aromatic carbocycles. The normalized spacial score (nSPS) is 14.1. The summed E-state index contributed by atoms with van der Waals surface area (Å²) in [6.45, 7) is 0. The Labute approximate surface area is 106 Å². The van der Waals surface area contributed by atoms with E-state index in [9.17, 15) is 4.21 Å². The van der Waals surface area contributed by atoms with Crippen molar-refractivity contribution >= 4 is 15.7 Å². The molecule has 6 heteroatoms. The van der Waals surface area contributed by atoms with Gasteiger partial charge in [-0.2, -0.15) is 0 Å². The van der Waals surface area contributed by atoms with Crippen LogP contribution < -0.4 is 5.73 Å². The van der Waals surface area contributed by atoms with E-state index in [-0.39, 0.29) is 11.7 Å². The smallest absolute Gasteiger partial charge is 0.220 e. The Hall–Kier alpha value is -1.95. The minimum absolute atomic E-state index is 0.220.